The minimum absolute atomic E-state index is 0.101. The summed E-state index contributed by atoms with van der Waals surface area (Å²) in [5.41, 5.74) is 7.66. The number of anilines is 2. The summed E-state index contributed by atoms with van der Waals surface area (Å²) in [5, 5.41) is 12.8. The molecule has 0 spiro atoms. The van der Waals surface area contributed by atoms with Crippen LogP contribution in [0.4, 0.5) is 11.4 Å². The molecule has 1 aliphatic rings. The SMILES string of the molecule is Nc1ccccc1N[C@H]1CC[C@H](O)CC1.O=S(=O)(O)O. The van der Waals surface area contributed by atoms with Crippen LogP contribution in [0.3, 0.4) is 0 Å². The Balaban J connectivity index is 0.000000347. The molecule has 0 radical (unpaired) electrons. The predicted octanol–water partition coefficient (Wildman–Crippen LogP) is 1.33. The van der Waals surface area contributed by atoms with Crippen molar-refractivity contribution in [2.75, 3.05) is 11.1 Å². The van der Waals surface area contributed by atoms with E-state index in [-0.39, 0.29) is 6.10 Å². The van der Waals surface area contributed by atoms with Gasteiger partial charge in [-0.1, -0.05) is 12.1 Å². The first-order valence-electron chi connectivity index (χ1n) is 6.24. The number of nitrogen functional groups attached to an aromatic ring is 1. The molecule has 114 valence electrons. The average Bonchev–Trinajstić information content (AvgIpc) is 2.33. The number of aliphatic hydroxyl groups is 1. The van der Waals surface area contributed by atoms with Gasteiger partial charge in [0.1, 0.15) is 0 Å². The lowest BCUT2D eigenvalue weighted by molar-refractivity contribution is 0.126. The third-order valence-electron chi connectivity index (χ3n) is 3.02. The van der Waals surface area contributed by atoms with E-state index in [2.05, 4.69) is 5.32 Å². The number of rotatable bonds is 2. The minimum Gasteiger partial charge on any atom is -0.397 e. The molecule has 0 atom stereocenters. The Labute approximate surface area is 118 Å². The minimum atomic E-state index is -4.67. The first-order chi connectivity index (χ1) is 9.25. The monoisotopic (exact) mass is 304 g/mol. The van der Waals surface area contributed by atoms with E-state index < -0.39 is 10.4 Å². The summed E-state index contributed by atoms with van der Waals surface area (Å²) in [6.07, 6.45) is 3.73. The summed E-state index contributed by atoms with van der Waals surface area (Å²) < 4.78 is 31.6. The smallest absolute Gasteiger partial charge is 0.394 e. The molecule has 0 amide bonds. The van der Waals surface area contributed by atoms with Crippen molar-refractivity contribution in [3.8, 4) is 0 Å². The van der Waals surface area contributed by atoms with Crippen molar-refractivity contribution in [1.82, 2.24) is 0 Å². The molecule has 0 saturated heterocycles. The van der Waals surface area contributed by atoms with Crippen LogP contribution in [0, 0.1) is 0 Å². The van der Waals surface area contributed by atoms with Crippen molar-refractivity contribution in [3.05, 3.63) is 24.3 Å². The summed E-state index contributed by atoms with van der Waals surface area (Å²) in [7, 11) is -4.67. The fraction of sp³-hybridized carbons (Fsp3) is 0.500. The molecule has 1 aromatic rings. The lowest BCUT2D eigenvalue weighted by atomic mass is 9.93. The number of benzene rings is 1. The molecule has 0 heterocycles. The first-order valence-corrected chi connectivity index (χ1v) is 7.64. The molecule has 1 saturated carbocycles. The number of nitrogens with two attached hydrogens (primary N) is 1. The Bertz CT molecular complexity index is 504. The van der Waals surface area contributed by atoms with E-state index >= 15 is 0 Å². The van der Waals surface area contributed by atoms with Gasteiger partial charge in [0.2, 0.25) is 0 Å². The van der Waals surface area contributed by atoms with Gasteiger partial charge >= 0.3 is 10.4 Å². The number of nitrogens with one attached hydrogen (secondary N) is 1. The molecule has 0 bridgehead atoms. The Kier molecular flexibility index (Phi) is 6.21. The maximum atomic E-state index is 9.40. The third kappa shape index (κ3) is 7.29. The van der Waals surface area contributed by atoms with Crippen LogP contribution in [0.1, 0.15) is 25.7 Å². The number of hydrogen-bond donors (Lipinski definition) is 5. The fourth-order valence-corrected chi connectivity index (χ4v) is 2.07. The number of hydrogen-bond acceptors (Lipinski definition) is 5. The van der Waals surface area contributed by atoms with Crippen LogP contribution in [0.25, 0.3) is 0 Å². The molecule has 2 rings (SSSR count). The Morgan fingerprint density at radius 1 is 1.10 bits per heavy atom. The zero-order valence-electron chi connectivity index (χ0n) is 10.9. The van der Waals surface area contributed by atoms with Crippen LogP contribution in [0.2, 0.25) is 0 Å². The van der Waals surface area contributed by atoms with Crippen LogP contribution in [-0.2, 0) is 10.4 Å². The van der Waals surface area contributed by atoms with E-state index in [1.54, 1.807) is 0 Å². The van der Waals surface area contributed by atoms with Crippen LogP contribution in [0.5, 0.6) is 0 Å². The summed E-state index contributed by atoms with van der Waals surface area (Å²) in [6.45, 7) is 0. The largest absolute Gasteiger partial charge is 0.397 e. The molecule has 20 heavy (non-hydrogen) atoms. The van der Waals surface area contributed by atoms with Crippen LogP contribution in [-0.4, -0.2) is 34.8 Å². The number of aliphatic hydroxyl groups excluding tert-OH is 1. The van der Waals surface area contributed by atoms with E-state index in [1.165, 1.54) is 0 Å². The van der Waals surface area contributed by atoms with Crippen molar-refractivity contribution in [3.63, 3.8) is 0 Å². The zero-order valence-corrected chi connectivity index (χ0v) is 11.8. The van der Waals surface area contributed by atoms with Crippen LogP contribution in [0.15, 0.2) is 24.3 Å². The molecular weight excluding hydrogens is 284 g/mol. The molecule has 8 heteroatoms. The van der Waals surface area contributed by atoms with Crippen molar-refractivity contribution in [1.29, 1.82) is 0 Å². The van der Waals surface area contributed by atoms with Gasteiger partial charge in [0.25, 0.3) is 0 Å². The van der Waals surface area contributed by atoms with E-state index in [0.717, 1.165) is 37.1 Å². The molecule has 0 aliphatic heterocycles. The molecule has 0 unspecified atom stereocenters. The highest BCUT2D eigenvalue weighted by Gasteiger charge is 2.19. The van der Waals surface area contributed by atoms with Gasteiger partial charge in [0, 0.05) is 6.04 Å². The summed E-state index contributed by atoms with van der Waals surface area (Å²) in [5.74, 6) is 0. The topological polar surface area (TPSA) is 133 Å². The zero-order chi connectivity index (χ0) is 15.2. The summed E-state index contributed by atoms with van der Waals surface area (Å²) >= 11 is 0. The average molecular weight is 304 g/mol. The Morgan fingerprint density at radius 3 is 2.10 bits per heavy atom. The van der Waals surface area contributed by atoms with Crippen molar-refractivity contribution >= 4 is 21.8 Å². The van der Waals surface area contributed by atoms with Crippen LogP contribution >= 0.6 is 0 Å². The summed E-state index contributed by atoms with van der Waals surface area (Å²) in [6, 6.07) is 8.28. The van der Waals surface area contributed by atoms with Crippen molar-refractivity contribution < 1.29 is 22.6 Å². The van der Waals surface area contributed by atoms with E-state index in [4.69, 9.17) is 23.3 Å². The van der Waals surface area contributed by atoms with Crippen molar-refractivity contribution in [2.45, 2.75) is 37.8 Å². The molecule has 6 N–H and O–H groups in total. The molecule has 1 aromatic carbocycles. The van der Waals surface area contributed by atoms with Crippen LogP contribution < -0.4 is 11.1 Å². The van der Waals surface area contributed by atoms with Gasteiger partial charge in [-0.15, -0.1) is 0 Å². The van der Waals surface area contributed by atoms with Gasteiger partial charge in [-0.3, -0.25) is 9.11 Å². The van der Waals surface area contributed by atoms with Gasteiger partial charge in [-0.25, -0.2) is 0 Å². The third-order valence-corrected chi connectivity index (χ3v) is 3.02. The van der Waals surface area contributed by atoms with Gasteiger partial charge in [-0.05, 0) is 37.8 Å². The lowest BCUT2D eigenvalue weighted by Crippen LogP contribution is -2.28. The van der Waals surface area contributed by atoms with Gasteiger partial charge in [0.15, 0.2) is 0 Å². The normalized spacial score (nSPS) is 22.6. The van der Waals surface area contributed by atoms with E-state index in [9.17, 15) is 5.11 Å². The second-order valence-electron chi connectivity index (χ2n) is 4.68. The fourth-order valence-electron chi connectivity index (χ4n) is 2.07. The second kappa shape index (κ2) is 7.44. The summed E-state index contributed by atoms with van der Waals surface area (Å²) in [4.78, 5) is 0. The number of para-hydroxylation sites is 2. The van der Waals surface area contributed by atoms with Gasteiger partial charge < -0.3 is 16.2 Å². The second-order valence-corrected chi connectivity index (χ2v) is 5.58. The molecule has 7 nitrogen and oxygen atoms in total. The maximum Gasteiger partial charge on any atom is 0.394 e. The standard InChI is InChI=1S/C12H18N2O.H2O4S/c13-11-3-1-2-4-12(11)14-9-5-7-10(15)8-6-9;1-5(2,3)4/h1-4,9-10,14-15H,5-8,13H2;(H2,1,2,3,4)/t9-,10-;. The van der Waals surface area contributed by atoms with E-state index in [1.807, 2.05) is 24.3 Å². The highest BCUT2D eigenvalue weighted by Crippen LogP contribution is 2.24. The Morgan fingerprint density at radius 2 is 1.60 bits per heavy atom. The predicted molar refractivity (Wildman–Crippen MR) is 76.9 cm³/mol. The highest BCUT2D eigenvalue weighted by molar-refractivity contribution is 7.79. The first kappa shape index (κ1) is 16.7. The quantitative estimate of drug-likeness (QED) is 0.411. The lowest BCUT2D eigenvalue weighted by Gasteiger charge is -2.27. The Hall–Kier alpha value is -1.35. The molecule has 1 fully saturated rings. The molecule has 1 aliphatic carbocycles. The van der Waals surface area contributed by atoms with Gasteiger partial charge in [0.05, 0.1) is 17.5 Å². The van der Waals surface area contributed by atoms with Gasteiger partial charge in [-0.2, -0.15) is 8.42 Å². The molecule has 0 aromatic heterocycles. The van der Waals surface area contributed by atoms with Crippen molar-refractivity contribution in [2.24, 2.45) is 0 Å². The van der Waals surface area contributed by atoms with E-state index in [0.29, 0.717) is 6.04 Å². The maximum absolute atomic E-state index is 9.40. The highest BCUT2D eigenvalue weighted by atomic mass is 32.3. The molecular formula is C12H20N2O5S.